The van der Waals surface area contributed by atoms with Gasteiger partial charge in [-0.25, -0.2) is 8.78 Å². The van der Waals surface area contributed by atoms with Gasteiger partial charge in [0.15, 0.2) is 0 Å². The quantitative estimate of drug-likeness (QED) is 0.720. The van der Waals surface area contributed by atoms with Gasteiger partial charge in [0.1, 0.15) is 11.6 Å². The summed E-state index contributed by atoms with van der Waals surface area (Å²) in [6, 6.07) is 11.5. The normalized spacial score (nSPS) is 15.9. The van der Waals surface area contributed by atoms with Gasteiger partial charge in [-0.15, -0.1) is 0 Å². The van der Waals surface area contributed by atoms with Gasteiger partial charge in [0.05, 0.1) is 6.04 Å². The Kier molecular flexibility index (Phi) is 3.92. The van der Waals surface area contributed by atoms with Gasteiger partial charge in [0, 0.05) is 9.26 Å². The van der Waals surface area contributed by atoms with Crippen LogP contribution in [0.25, 0.3) is 0 Å². The van der Waals surface area contributed by atoms with Gasteiger partial charge >= 0.3 is 0 Å². The highest BCUT2D eigenvalue weighted by Gasteiger charge is 2.32. The molecule has 1 unspecified atom stereocenters. The minimum absolute atomic E-state index is 0.162. The van der Waals surface area contributed by atoms with Crippen molar-refractivity contribution in [3.8, 4) is 0 Å². The Morgan fingerprint density at radius 2 is 1.65 bits per heavy atom. The zero-order valence-corrected chi connectivity index (χ0v) is 12.9. The molecule has 1 fully saturated rings. The fourth-order valence-corrected chi connectivity index (χ4v) is 2.98. The molecule has 2 aromatic rings. The topological polar surface area (TPSA) is 12.0 Å². The maximum absolute atomic E-state index is 13.1. The second-order valence-corrected chi connectivity index (χ2v) is 6.30. The summed E-state index contributed by atoms with van der Waals surface area (Å²) in [5, 5.41) is 3.48. The van der Waals surface area contributed by atoms with Gasteiger partial charge in [-0.3, -0.25) is 0 Å². The smallest absolute Gasteiger partial charge is 0.124 e. The SMILES string of the molecule is Fc1ccc(C(Nc2ccc(F)cc2I)C2CC2)cc1. The van der Waals surface area contributed by atoms with Crippen LogP contribution in [0.5, 0.6) is 0 Å². The Balaban J connectivity index is 1.86. The lowest BCUT2D eigenvalue weighted by molar-refractivity contribution is 0.621. The van der Waals surface area contributed by atoms with Gasteiger partial charge in [-0.05, 0) is 77.2 Å². The second-order valence-electron chi connectivity index (χ2n) is 5.14. The van der Waals surface area contributed by atoms with Crippen LogP contribution in [0.4, 0.5) is 14.5 Å². The summed E-state index contributed by atoms with van der Waals surface area (Å²) >= 11 is 2.13. The lowest BCUT2D eigenvalue weighted by atomic mass is 10.0. The summed E-state index contributed by atoms with van der Waals surface area (Å²) in [5.74, 6) is 0.116. The zero-order chi connectivity index (χ0) is 14.1. The first-order valence-electron chi connectivity index (χ1n) is 6.60. The van der Waals surface area contributed by atoms with Crippen molar-refractivity contribution in [2.75, 3.05) is 5.32 Å². The molecule has 1 saturated carbocycles. The van der Waals surface area contributed by atoms with E-state index in [1.165, 1.54) is 37.1 Å². The van der Waals surface area contributed by atoms with Crippen molar-refractivity contribution in [3.05, 3.63) is 63.2 Å². The first kappa shape index (κ1) is 13.8. The molecular formula is C16H14F2IN. The van der Waals surface area contributed by atoms with Crippen molar-refractivity contribution in [1.82, 2.24) is 0 Å². The highest BCUT2D eigenvalue weighted by Crippen LogP contribution is 2.43. The van der Waals surface area contributed by atoms with Crippen molar-refractivity contribution in [3.63, 3.8) is 0 Å². The van der Waals surface area contributed by atoms with Crippen LogP contribution in [-0.4, -0.2) is 0 Å². The largest absolute Gasteiger partial charge is 0.377 e. The number of rotatable bonds is 4. The molecule has 0 radical (unpaired) electrons. The molecular weight excluding hydrogens is 371 g/mol. The fourth-order valence-electron chi connectivity index (χ4n) is 2.35. The number of hydrogen-bond acceptors (Lipinski definition) is 1. The molecule has 104 valence electrons. The van der Waals surface area contributed by atoms with Crippen LogP contribution >= 0.6 is 22.6 Å². The van der Waals surface area contributed by atoms with Crippen LogP contribution < -0.4 is 5.32 Å². The first-order valence-corrected chi connectivity index (χ1v) is 7.68. The molecule has 2 aromatic carbocycles. The molecule has 1 nitrogen and oxygen atoms in total. The number of anilines is 1. The molecule has 0 saturated heterocycles. The number of benzene rings is 2. The molecule has 1 aliphatic carbocycles. The molecule has 1 N–H and O–H groups in total. The third-order valence-electron chi connectivity index (χ3n) is 3.56. The standard InChI is InChI=1S/C16H14F2IN/c17-12-5-3-11(4-6-12)16(10-1-2-10)20-15-8-7-13(18)9-14(15)19/h3-10,16,20H,1-2H2. The Labute approximate surface area is 130 Å². The van der Waals surface area contributed by atoms with E-state index in [-0.39, 0.29) is 17.7 Å². The molecule has 0 bridgehead atoms. The van der Waals surface area contributed by atoms with Crippen molar-refractivity contribution in [2.24, 2.45) is 5.92 Å². The summed E-state index contributed by atoms with van der Waals surface area (Å²) in [5.41, 5.74) is 2.00. The van der Waals surface area contributed by atoms with E-state index in [9.17, 15) is 8.78 Å². The Morgan fingerprint density at radius 1 is 1.00 bits per heavy atom. The molecule has 0 amide bonds. The van der Waals surface area contributed by atoms with E-state index < -0.39 is 0 Å². The van der Waals surface area contributed by atoms with E-state index in [1.54, 1.807) is 6.07 Å². The van der Waals surface area contributed by atoms with Crippen molar-refractivity contribution < 1.29 is 8.78 Å². The third-order valence-corrected chi connectivity index (χ3v) is 4.46. The van der Waals surface area contributed by atoms with E-state index in [4.69, 9.17) is 0 Å². The molecule has 20 heavy (non-hydrogen) atoms. The van der Waals surface area contributed by atoms with Gasteiger partial charge in [-0.2, -0.15) is 0 Å². The molecule has 4 heteroatoms. The highest BCUT2D eigenvalue weighted by atomic mass is 127. The van der Waals surface area contributed by atoms with Crippen LogP contribution in [0, 0.1) is 21.1 Å². The van der Waals surface area contributed by atoms with E-state index in [1.807, 2.05) is 12.1 Å². The van der Waals surface area contributed by atoms with Gasteiger partial charge in [-0.1, -0.05) is 12.1 Å². The highest BCUT2D eigenvalue weighted by molar-refractivity contribution is 14.1. The van der Waals surface area contributed by atoms with E-state index in [0.717, 1.165) is 14.8 Å². The Morgan fingerprint density at radius 3 is 2.25 bits per heavy atom. The van der Waals surface area contributed by atoms with Crippen molar-refractivity contribution in [1.29, 1.82) is 0 Å². The number of halogens is 3. The summed E-state index contributed by atoms with van der Waals surface area (Å²) in [6.07, 6.45) is 2.35. The zero-order valence-electron chi connectivity index (χ0n) is 10.7. The lowest BCUT2D eigenvalue weighted by Crippen LogP contribution is -2.13. The molecule has 3 rings (SSSR count). The summed E-state index contributed by atoms with van der Waals surface area (Å²) in [6.45, 7) is 0. The summed E-state index contributed by atoms with van der Waals surface area (Å²) < 4.78 is 27.0. The van der Waals surface area contributed by atoms with Crippen LogP contribution in [-0.2, 0) is 0 Å². The Bertz CT molecular complexity index is 608. The van der Waals surface area contributed by atoms with Crippen molar-refractivity contribution >= 4 is 28.3 Å². The van der Waals surface area contributed by atoms with Crippen LogP contribution in [0.2, 0.25) is 0 Å². The molecule has 0 spiro atoms. The maximum atomic E-state index is 13.1. The van der Waals surface area contributed by atoms with Gasteiger partial charge < -0.3 is 5.32 Å². The lowest BCUT2D eigenvalue weighted by Gasteiger charge is -2.21. The molecule has 1 atom stereocenters. The minimum Gasteiger partial charge on any atom is -0.377 e. The van der Waals surface area contributed by atoms with Crippen molar-refractivity contribution in [2.45, 2.75) is 18.9 Å². The molecule has 0 heterocycles. The summed E-state index contributed by atoms with van der Waals surface area (Å²) in [4.78, 5) is 0. The molecule has 0 aliphatic heterocycles. The average Bonchev–Trinajstić information content (AvgIpc) is 3.24. The predicted octanol–water partition coefficient (Wildman–Crippen LogP) is 5.13. The van der Waals surface area contributed by atoms with Gasteiger partial charge in [0.25, 0.3) is 0 Å². The van der Waals surface area contributed by atoms with Gasteiger partial charge in [0.2, 0.25) is 0 Å². The number of nitrogens with one attached hydrogen (secondary N) is 1. The molecule has 0 aromatic heterocycles. The Hall–Kier alpha value is -1.17. The van der Waals surface area contributed by atoms with Crippen LogP contribution in [0.3, 0.4) is 0 Å². The van der Waals surface area contributed by atoms with E-state index in [2.05, 4.69) is 27.9 Å². The second kappa shape index (κ2) is 5.68. The monoisotopic (exact) mass is 385 g/mol. The third kappa shape index (κ3) is 3.11. The van der Waals surface area contributed by atoms with E-state index in [0.29, 0.717) is 5.92 Å². The molecule has 1 aliphatic rings. The van der Waals surface area contributed by atoms with Crippen LogP contribution in [0.15, 0.2) is 42.5 Å². The fraction of sp³-hybridized carbons (Fsp3) is 0.250. The average molecular weight is 385 g/mol. The first-order chi connectivity index (χ1) is 9.63. The van der Waals surface area contributed by atoms with Crippen LogP contribution in [0.1, 0.15) is 24.4 Å². The predicted molar refractivity (Wildman–Crippen MR) is 84.6 cm³/mol. The maximum Gasteiger partial charge on any atom is 0.124 e. The number of hydrogen-bond donors (Lipinski definition) is 1. The minimum atomic E-state index is -0.232. The summed E-state index contributed by atoms with van der Waals surface area (Å²) in [7, 11) is 0. The van der Waals surface area contributed by atoms with E-state index >= 15 is 0 Å².